The molecule has 1 aliphatic heterocycles. The highest BCUT2D eigenvalue weighted by Crippen LogP contribution is 2.21. The molecule has 2 aromatic rings. The lowest BCUT2D eigenvalue weighted by molar-refractivity contribution is 0.0725. The molecule has 5 nitrogen and oxygen atoms in total. The standard InChI is InChI=1S/C18H18ClN3O2/c19-16-14(8-6-10-20-16)17(23)21-15-9-3-2-7-13(15)18(24)22-11-4-1-5-12-22/h2-3,6-10H,1,4-5,11-12H2,(H,21,23). The summed E-state index contributed by atoms with van der Waals surface area (Å²) in [7, 11) is 0. The molecule has 24 heavy (non-hydrogen) atoms. The van der Waals surface area contributed by atoms with Crippen molar-refractivity contribution in [2.45, 2.75) is 19.3 Å². The highest BCUT2D eigenvalue weighted by molar-refractivity contribution is 6.33. The Kier molecular flexibility index (Phi) is 5.11. The van der Waals surface area contributed by atoms with E-state index in [2.05, 4.69) is 10.3 Å². The number of aromatic nitrogens is 1. The Balaban J connectivity index is 1.83. The van der Waals surface area contributed by atoms with E-state index >= 15 is 0 Å². The normalized spacial score (nSPS) is 14.3. The number of piperidine rings is 1. The van der Waals surface area contributed by atoms with Crippen LogP contribution in [0.4, 0.5) is 5.69 Å². The number of nitrogens with zero attached hydrogens (tertiary/aromatic N) is 2. The number of nitrogens with one attached hydrogen (secondary N) is 1. The van der Waals surface area contributed by atoms with Crippen LogP contribution in [0.25, 0.3) is 0 Å². The molecule has 1 aromatic carbocycles. The number of hydrogen-bond donors (Lipinski definition) is 1. The van der Waals surface area contributed by atoms with Gasteiger partial charge in [0.25, 0.3) is 11.8 Å². The number of benzene rings is 1. The number of para-hydroxylation sites is 1. The maximum atomic E-state index is 12.7. The molecular weight excluding hydrogens is 326 g/mol. The first-order chi connectivity index (χ1) is 11.7. The number of amides is 2. The molecule has 3 rings (SSSR count). The summed E-state index contributed by atoms with van der Waals surface area (Å²) in [5.74, 6) is -0.435. The van der Waals surface area contributed by atoms with Gasteiger partial charge in [0.1, 0.15) is 5.15 Å². The Bertz CT molecular complexity index is 757. The topological polar surface area (TPSA) is 62.3 Å². The smallest absolute Gasteiger partial charge is 0.258 e. The zero-order valence-corrected chi connectivity index (χ0v) is 13.9. The van der Waals surface area contributed by atoms with Crippen molar-refractivity contribution >= 4 is 29.1 Å². The van der Waals surface area contributed by atoms with Gasteiger partial charge in [-0.05, 0) is 43.5 Å². The van der Waals surface area contributed by atoms with Gasteiger partial charge < -0.3 is 10.2 Å². The quantitative estimate of drug-likeness (QED) is 0.866. The molecule has 0 saturated carbocycles. The van der Waals surface area contributed by atoms with E-state index in [0.717, 1.165) is 32.4 Å². The third-order valence-corrected chi connectivity index (χ3v) is 4.35. The van der Waals surface area contributed by atoms with E-state index in [9.17, 15) is 9.59 Å². The minimum atomic E-state index is -0.382. The fourth-order valence-electron chi connectivity index (χ4n) is 2.79. The number of pyridine rings is 1. The van der Waals surface area contributed by atoms with Crippen LogP contribution in [-0.4, -0.2) is 34.8 Å². The average molecular weight is 344 g/mol. The van der Waals surface area contributed by atoms with Crippen LogP contribution in [0.2, 0.25) is 5.15 Å². The summed E-state index contributed by atoms with van der Waals surface area (Å²) in [6.07, 6.45) is 4.71. The molecule has 0 atom stereocenters. The number of halogens is 1. The predicted molar refractivity (Wildman–Crippen MR) is 93.4 cm³/mol. The van der Waals surface area contributed by atoms with Crippen molar-refractivity contribution in [3.05, 3.63) is 58.9 Å². The van der Waals surface area contributed by atoms with Crippen LogP contribution in [0.5, 0.6) is 0 Å². The molecule has 0 bridgehead atoms. The summed E-state index contributed by atoms with van der Waals surface area (Å²) >= 11 is 5.96. The van der Waals surface area contributed by atoms with E-state index in [1.807, 2.05) is 4.90 Å². The van der Waals surface area contributed by atoms with Gasteiger partial charge in [-0.25, -0.2) is 4.98 Å². The van der Waals surface area contributed by atoms with Crippen LogP contribution in [-0.2, 0) is 0 Å². The van der Waals surface area contributed by atoms with Crippen molar-refractivity contribution < 1.29 is 9.59 Å². The summed E-state index contributed by atoms with van der Waals surface area (Å²) in [6, 6.07) is 10.3. The van der Waals surface area contributed by atoms with Crippen molar-refractivity contribution in [3.63, 3.8) is 0 Å². The second-order valence-corrected chi connectivity index (χ2v) is 6.05. The van der Waals surface area contributed by atoms with E-state index in [1.165, 1.54) is 6.20 Å². The number of likely N-dealkylation sites (tertiary alicyclic amines) is 1. The predicted octanol–water partition coefficient (Wildman–Crippen LogP) is 3.61. The van der Waals surface area contributed by atoms with Gasteiger partial charge in [0.05, 0.1) is 16.8 Å². The monoisotopic (exact) mass is 343 g/mol. The summed E-state index contributed by atoms with van der Waals surface area (Å²) in [5.41, 5.74) is 1.25. The molecule has 1 aliphatic rings. The van der Waals surface area contributed by atoms with Crippen LogP contribution in [0.3, 0.4) is 0 Å². The van der Waals surface area contributed by atoms with E-state index in [-0.39, 0.29) is 22.5 Å². The molecule has 1 aromatic heterocycles. The van der Waals surface area contributed by atoms with Crippen LogP contribution in [0.15, 0.2) is 42.6 Å². The number of rotatable bonds is 3. The zero-order valence-electron chi connectivity index (χ0n) is 13.2. The summed E-state index contributed by atoms with van der Waals surface area (Å²) in [5, 5.41) is 2.91. The highest BCUT2D eigenvalue weighted by Gasteiger charge is 2.21. The van der Waals surface area contributed by atoms with Crippen molar-refractivity contribution in [2.75, 3.05) is 18.4 Å². The van der Waals surface area contributed by atoms with E-state index < -0.39 is 0 Å². The van der Waals surface area contributed by atoms with E-state index in [0.29, 0.717) is 11.3 Å². The van der Waals surface area contributed by atoms with Gasteiger partial charge in [0.2, 0.25) is 0 Å². The van der Waals surface area contributed by atoms with Gasteiger partial charge in [-0.3, -0.25) is 9.59 Å². The zero-order chi connectivity index (χ0) is 16.9. The molecule has 0 spiro atoms. The largest absolute Gasteiger partial charge is 0.339 e. The number of carbonyl (C=O) groups excluding carboxylic acids is 2. The van der Waals surface area contributed by atoms with Gasteiger partial charge in [-0.1, -0.05) is 23.7 Å². The third-order valence-electron chi connectivity index (χ3n) is 4.05. The fourth-order valence-corrected chi connectivity index (χ4v) is 3.00. The lowest BCUT2D eigenvalue weighted by Gasteiger charge is -2.27. The first kappa shape index (κ1) is 16.5. The van der Waals surface area contributed by atoms with Crippen LogP contribution < -0.4 is 5.32 Å². The summed E-state index contributed by atoms with van der Waals surface area (Å²) in [4.78, 5) is 30.9. The van der Waals surface area contributed by atoms with E-state index in [1.54, 1.807) is 36.4 Å². The third kappa shape index (κ3) is 3.57. The maximum absolute atomic E-state index is 12.7. The minimum absolute atomic E-state index is 0.0529. The molecule has 0 unspecified atom stereocenters. The van der Waals surface area contributed by atoms with Gasteiger partial charge in [-0.2, -0.15) is 0 Å². The Hall–Kier alpha value is -2.40. The average Bonchev–Trinajstić information content (AvgIpc) is 2.62. The molecule has 124 valence electrons. The maximum Gasteiger partial charge on any atom is 0.258 e. The number of carbonyl (C=O) groups is 2. The molecule has 1 N–H and O–H groups in total. The Morgan fingerprint density at radius 1 is 1.00 bits per heavy atom. The van der Waals surface area contributed by atoms with Crippen molar-refractivity contribution in [1.82, 2.24) is 9.88 Å². The van der Waals surface area contributed by atoms with Crippen LogP contribution >= 0.6 is 11.6 Å². The second kappa shape index (κ2) is 7.45. The molecular formula is C18H18ClN3O2. The number of anilines is 1. The molecule has 2 amide bonds. The van der Waals surface area contributed by atoms with Gasteiger partial charge in [-0.15, -0.1) is 0 Å². The molecule has 2 heterocycles. The summed E-state index contributed by atoms with van der Waals surface area (Å²) in [6.45, 7) is 1.52. The van der Waals surface area contributed by atoms with Crippen LogP contribution in [0.1, 0.15) is 40.0 Å². The SMILES string of the molecule is O=C(Nc1ccccc1C(=O)N1CCCCC1)c1cccnc1Cl. The lowest BCUT2D eigenvalue weighted by atomic mass is 10.1. The van der Waals surface area contributed by atoms with Crippen molar-refractivity contribution in [1.29, 1.82) is 0 Å². The lowest BCUT2D eigenvalue weighted by Crippen LogP contribution is -2.36. The minimum Gasteiger partial charge on any atom is -0.339 e. The summed E-state index contributed by atoms with van der Waals surface area (Å²) < 4.78 is 0. The second-order valence-electron chi connectivity index (χ2n) is 5.69. The van der Waals surface area contributed by atoms with E-state index in [4.69, 9.17) is 11.6 Å². The van der Waals surface area contributed by atoms with Crippen molar-refractivity contribution in [2.24, 2.45) is 0 Å². The Labute approximate surface area is 145 Å². The Morgan fingerprint density at radius 3 is 2.46 bits per heavy atom. The first-order valence-corrected chi connectivity index (χ1v) is 8.35. The van der Waals surface area contributed by atoms with Crippen LogP contribution in [0, 0.1) is 0 Å². The van der Waals surface area contributed by atoms with Gasteiger partial charge in [0.15, 0.2) is 0 Å². The Morgan fingerprint density at radius 2 is 1.71 bits per heavy atom. The highest BCUT2D eigenvalue weighted by atomic mass is 35.5. The molecule has 1 fully saturated rings. The van der Waals surface area contributed by atoms with Gasteiger partial charge >= 0.3 is 0 Å². The molecule has 0 aliphatic carbocycles. The fraction of sp³-hybridized carbons (Fsp3) is 0.278. The molecule has 1 saturated heterocycles. The number of hydrogen-bond acceptors (Lipinski definition) is 3. The molecule has 0 radical (unpaired) electrons. The molecule has 6 heteroatoms. The van der Waals surface area contributed by atoms with Gasteiger partial charge in [0, 0.05) is 19.3 Å². The first-order valence-electron chi connectivity index (χ1n) is 7.97. The van der Waals surface area contributed by atoms with Crippen molar-refractivity contribution in [3.8, 4) is 0 Å².